The van der Waals surface area contributed by atoms with Crippen LogP contribution in [-0.2, 0) is 16.1 Å². The quantitative estimate of drug-likeness (QED) is 0.486. The van der Waals surface area contributed by atoms with E-state index in [1.807, 2.05) is 6.07 Å². The maximum Gasteiger partial charge on any atom is 0.268 e. The highest BCUT2D eigenvalue weighted by molar-refractivity contribution is 6.39. The molecule has 0 aromatic carbocycles. The van der Waals surface area contributed by atoms with Gasteiger partial charge >= 0.3 is 0 Å². The molecular formula is C26H39N5O4. The molecular weight excluding hydrogens is 446 g/mol. The van der Waals surface area contributed by atoms with Crippen molar-refractivity contribution in [2.75, 3.05) is 32.8 Å². The van der Waals surface area contributed by atoms with Crippen LogP contribution in [0.5, 0.6) is 0 Å². The number of rotatable bonds is 8. The Morgan fingerprint density at radius 3 is 2.60 bits per heavy atom. The van der Waals surface area contributed by atoms with Crippen LogP contribution in [0.2, 0.25) is 0 Å². The molecule has 0 radical (unpaired) electrons. The van der Waals surface area contributed by atoms with E-state index in [0.29, 0.717) is 35.8 Å². The number of hydrogen-bond donors (Lipinski definition) is 3. The van der Waals surface area contributed by atoms with Gasteiger partial charge in [0.15, 0.2) is 5.76 Å². The number of nitrogens with one attached hydrogen (secondary N) is 3. The first-order valence-electron chi connectivity index (χ1n) is 12.8. The summed E-state index contributed by atoms with van der Waals surface area (Å²) in [4.78, 5) is 27.7. The normalized spacial score (nSPS) is 23.6. The number of amides is 1. The molecule has 35 heavy (non-hydrogen) atoms. The zero-order valence-electron chi connectivity index (χ0n) is 21.2. The van der Waals surface area contributed by atoms with Crippen molar-refractivity contribution in [1.29, 1.82) is 0 Å². The number of carbonyl (C=O) groups is 2. The van der Waals surface area contributed by atoms with E-state index in [2.05, 4.69) is 46.8 Å². The fraction of sp³-hybridized carbons (Fsp3) is 0.654. The maximum atomic E-state index is 12.8. The summed E-state index contributed by atoms with van der Waals surface area (Å²) in [6.45, 7) is 10.8. The molecule has 0 spiro atoms. The summed E-state index contributed by atoms with van der Waals surface area (Å²) in [5.41, 5.74) is 4.28. The second-order valence-electron chi connectivity index (χ2n) is 10.9. The van der Waals surface area contributed by atoms with E-state index in [0.717, 1.165) is 63.4 Å². The van der Waals surface area contributed by atoms with Gasteiger partial charge in [-0.3, -0.25) is 19.9 Å². The Labute approximate surface area is 207 Å². The van der Waals surface area contributed by atoms with E-state index in [4.69, 9.17) is 9.15 Å². The van der Waals surface area contributed by atoms with Crippen LogP contribution in [0.1, 0.15) is 69.2 Å². The molecule has 0 bridgehead atoms. The third-order valence-electron chi connectivity index (χ3n) is 7.24. The minimum atomic E-state index is -0.144. The lowest BCUT2D eigenvalue weighted by Gasteiger charge is -2.37. The summed E-state index contributed by atoms with van der Waals surface area (Å²) in [7, 11) is 0. The highest BCUT2D eigenvalue weighted by atomic mass is 16.5. The molecule has 3 N–H and O–H groups in total. The fourth-order valence-corrected chi connectivity index (χ4v) is 4.95. The van der Waals surface area contributed by atoms with Gasteiger partial charge in [0.25, 0.3) is 5.91 Å². The molecule has 3 heterocycles. The molecule has 1 saturated heterocycles. The maximum absolute atomic E-state index is 12.8. The van der Waals surface area contributed by atoms with Crippen LogP contribution >= 0.6 is 0 Å². The third kappa shape index (κ3) is 7.18. The van der Waals surface area contributed by atoms with E-state index in [1.54, 1.807) is 12.3 Å². The van der Waals surface area contributed by atoms with Crippen LogP contribution < -0.4 is 16.1 Å². The number of hydrazone groups is 1. The number of allylic oxidation sites excluding steroid dienone is 1. The predicted molar refractivity (Wildman–Crippen MR) is 134 cm³/mol. The first kappa shape index (κ1) is 25.4. The van der Waals surface area contributed by atoms with Gasteiger partial charge in [-0.2, -0.15) is 5.10 Å². The number of hydrogen-bond acceptors (Lipinski definition) is 8. The summed E-state index contributed by atoms with van der Waals surface area (Å²) in [5.74, 6) is 1.53. The number of carbonyl (C=O) groups excluding carboxylic acids is 2. The Bertz CT molecular complexity index is 947. The van der Waals surface area contributed by atoms with E-state index >= 15 is 0 Å². The lowest BCUT2D eigenvalue weighted by atomic mass is 9.71. The molecule has 9 heteroatoms. The molecule has 2 fully saturated rings. The second kappa shape index (κ2) is 11.4. The topological polar surface area (TPSA) is 108 Å². The Kier molecular flexibility index (Phi) is 8.28. The van der Waals surface area contributed by atoms with Crippen molar-refractivity contribution in [3.8, 4) is 0 Å². The first-order chi connectivity index (χ1) is 16.8. The van der Waals surface area contributed by atoms with Crippen LogP contribution in [0, 0.1) is 11.3 Å². The molecule has 1 aliphatic carbocycles. The van der Waals surface area contributed by atoms with Crippen molar-refractivity contribution in [2.24, 2.45) is 16.4 Å². The van der Waals surface area contributed by atoms with Crippen molar-refractivity contribution in [2.45, 2.75) is 65.5 Å². The van der Waals surface area contributed by atoms with Crippen LogP contribution in [0.4, 0.5) is 0 Å². The Morgan fingerprint density at radius 2 is 1.89 bits per heavy atom. The average Bonchev–Trinajstić information content (AvgIpc) is 3.32. The summed E-state index contributed by atoms with van der Waals surface area (Å²) in [6.07, 6.45) is 6.30. The van der Waals surface area contributed by atoms with Gasteiger partial charge in [-0.15, -0.1) is 0 Å². The van der Waals surface area contributed by atoms with Gasteiger partial charge < -0.3 is 19.8 Å². The number of ether oxygens (including phenoxy) is 1. The number of morpholine rings is 1. The highest BCUT2D eigenvalue weighted by Gasteiger charge is 2.31. The zero-order valence-corrected chi connectivity index (χ0v) is 21.2. The van der Waals surface area contributed by atoms with Gasteiger partial charge in [0, 0.05) is 37.4 Å². The van der Waals surface area contributed by atoms with Crippen LogP contribution in [0.3, 0.4) is 0 Å². The molecule has 1 aromatic heterocycles. The molecule has 0 atom stereocenters. The van der Waals surface area contributed by atoms with Crippen LogP contribution in [0.15, 0.2) is 33.5 Å². The fourth-order valence-electron chi connectivity index (χ4n) is 4.95. The van der Waals surface area contributed by atoms with Crippen LogP contribution in [0.25, 0.3) is 0 Å². The van der Waals surface area contributed by atoms with Gasteiger partial charge in [0.05, 0.1) is 26.3 Å². The van der Waals surface area contributed by atoms with Crippen molar-refractivity contribution in [3.05, 3.63) is 35.6 Å². The summed E-state index contributed by atoms with van der Waals surface area (Å²) in [6, 6.07) is 3.77. The Hall–Kier alpha value is -2.65. The molecule has 2 aliphatic heterocycles. The van der Waals surface area contributed by atoms with Gasteiger partial charge in [0.1, 0.15) is 11.5 Å². The van der Waals surface area contributed by atoms with Gasteiger partial charge in [0.2, 0.25) is 5.78 Å². The minimum absolute atomic E-state index is 0.0870. The van der Waals surface area contributed by atoms with E-state index < -0.39 is 0 Å². The standard InChI is InChI=1S/C26H39N5O4/c1-26(2,3)18-4-6-19(7-5-18)29-25(33)22-14-20(15-28-30-22)27-16-23(32)24-9-8-21(35-24)17-31-10-12-34-13-11-31/h8-9,15,18-19,27-28H,4-7,10-14,16-17H2,1-3H3,(H,29,33). The number of furan rings is 1. The Balaban J connectivity index is 1.20. The van der Waals surface area contributed by atoms with E-state index in [1.165, 1.54) is 0 Å². The Morgan fingerprint density at radius 1 is 1.14 bits per heavy atom. The molecule has 1 aromatic rings. The SMILES string of the molecule is CC(C)(C)C1CCC(NC(=O)C2=NNC=C(NCC(=O)c3ccc(CN4CCOCC4)o3)C2)CC1. The smallest absolute Gasteiger partial charge is 0.268 e. The largest absolute Gasteiger partial charge is 0.457 e. The molecule has 9 nitrogen and oxygen atoms in total. The average molecular weight is 486 g/mol. The van der Waals surface area contributed by atoms with Crippen molar-refractivity contribution in [1.82, 2.24) is 21.0 Å². The zero-order chi connectivity index (χ0) is 24.8. The van der Waals surface area contributed by atoms with Gasteiger partial charge in [-0.25, -0.2) is 0 Å². The molecule has 3 aliphatic rings. The van der Waals surface area contributed by atoms with E-state index in [-0.39, 0.29) is 24.3 Å². The summed E-state index contributed by atoms with van der Waals surface area (Å²) >= 11 is 0. The van der Waals surface area contributed by atoms with E-state index in [9.17, 15) is 9.59 Å². The summed E-state index contributed by atoms with van der Waals surface area (Å²) in [5, 5.41) is 10.4. The third-order valence-corrected chi connectivity index (χ3v) is 7.24. The monoisotopic (exact) mass is 485 g/mol. The predicted octanol–water partition coefficient (Wildman–Crippen LogP) is 2.80. The van der Waals surface area contributed by atoms with Crippen molar-refractivity contribution in [3.63, 3.8) is 0 Å². The van der Waals surface area contributed by atoms with Gasteiger partial charge in [-0.05, 0) is 49.1 Å². The first-order valence-corrected chi connectivity index (χ1v) is 12.8. The number of Topliss-reactive ketones (excluding diaryl/α,β-unsaturated/α-hetero) is 1. The minimum Gasteiger partial charge on any atom is -0.457 e. The van der Waals surface area contributed by atoms with Crippen LogP contribution in [-0.4, -0.2) is 61.2 Å². The molecule has 1 amide bonds. The van der Waals surface area contributed by atoms with Crippen molar-refractivity contribution < 1.29 is 18.7 Å². The lowest BCUT2D eigenvalue weighted by molar-refractivity contribution is -0.115. The molecule has 1 saturated carbocycles. The molecule has 0 unspecified atom stereocenters. The van der Waals surface area contributed by atoms with Crippen molar-refractivity contribution >= 4 is 17.4 Å². The molecule has 4 rings (SSSR count). The number of nitrogens with zero attached hydrogens (tertiary/aromatic N) is 2. The number of ketones is 1. The second-order valence-corrected chi connectivity index (χ2v) is 10.9. The highest BCUT2D eigenvalue weighted by Crippen LogP contribution is 2.37. The molecule has 192 valence electrons. The van der Waals surface area contributed by atoms with Gasteiger partial charge in [-0.1, -0.05) is 20.8 Å². The lowest BCUT2D eigenvalue weighted by Crippen LogP contribution is -2.44. The summed E-state index contributed by atoms with van der Waals surface area (Å²) < 4.78 is 11.1.